The lowest BCUT2D eigenvalue weighted by Gasteiger charge is -2.16. The highest BCUT2D eigenvalue weighted by atomic mass is 16.5. The molecule has 0 fully saturated rings. The van der Waals surface area contributed by atoms with Crippen LogP contribution in [0.15, 0.2) is 24.2 Å². The Morgan fingerprint density at radius 2 is 1.70 bits per heavy atom. The van der Waals surface area contributed by atoms with E-state index < -0.39 is 0 Å². The van der Waals surface area contributed by atoms with Gasteiger partial charge in [0.15, 0.2) is 11.5 Å². The molecule has 3 rings (SSSR count). The highest BCUT2D eigenvalue weighted by Gasteiger charge is 2.14. The van der Waals surface area contributed by atoms with Gasteiger partial charge in [0.1, 0.15) is 5.82 Å². The number of nitrogens with one attached hydrogen (secondary N) is 1. The fourth-order valence-electron chi connectivity index (χ4n) is 2.90. The molecule has 3 aromatic rings. The van der Waals surface area contributed by atoms with Gasteiger partial charge in [0.2, 0.25) is 11.7 Å². The van der Waals surface area contributed by atoms with Crippen molar-refractivity contribution in [1.29, 1.82) is 0 Å². The van der Waals surface area contributed by atoms with E-state index in [1.54, 1.807) is 0 Å². The van der Waals surface area contributed by atoms with Gasteiger partial charge in [-0.25, -0.2) is 4.98 Å². The SMILES string of the molecule is [2H]c1c(NCc2ccc3nc(N)nc(N)c3c2C)c([2H])c(OC)c(OC)c1OC. The number of anilines is 3. The van der Waals surface area contributed by atoms with E-state index in [0.29, 0.717) is 17.9 Å². The van der Waals surface area contributed by atoms with Crippen molar-refractivity contribution >= 4 is 28.4 Å². The lowest BCUT2D eigenvalue weighted by molar-refractivity contribution is 0.324. The van der Waals surface area contributed by atoms with E-state index in [0.717, 1.165) is 16.5 Å². The van der Waals surface area contributed by atoms with E-state index in [-0.39, 0.29) is 41.0 Å². The third-order valence-corrected chi connectivity index (χ3v) is 4.24. The predicted molar refractivity (Wildman–Crippen MR) is 107 cm³/mol. The molecule has 1 aromatic heterocycles. The van der Waals surface area contributed by atoms with Crippen LogP contribution in [0.25, 0.3) is 10.9 Å². The standard InChI is InChI=1S/C19H23N5O3/c1-10-11(5-6-13-16(10)18(20)24-19(21)23-13)9-22-12-7-14(25-2)17(27-4)15(8-12)26-3/h5-8,22H,9H2,1-4H3,(H4,20,21,23,24)/i7D,8D. The highest BCUT2D eigenvalue weighted by molar-refractivity contribution is 5.92. The van der Waals surface area contributed by atoms with Crippen LogP contribution in [-0.2, 0) is 6.54 Å². The van der Waals surface area contributed by atoms with Crippen molar-refractivity contribution in [2.24, 2.45) is 0 Å². The molecular formula is C19H23N5O3. The molecule has 1 heterocycles. The smallest absolute Gasteiger partial charge is 0.222 e. The van der Waals surface area contributed by atoms with Gasteiger partial charge in [0.25, 0.3) is 0 Å². The molecule has 5 N–H and O–H groups in total. The minimum atomic E-state index is 0.00390. The third kappa shape index (κ3) is 3.46. The molecule has 0 aliphatic heterocycles. The molecule has 0 amide bonds. The summed E-state index contributed by atoms with van der Waals surface area (Å²) < 4.78 is 32.7. The predicted octanol–water partition coefficient (Wildman–Crippen LogP) is 2.74. The Morgan fingerprint density at radius 1 is 1.04 bits per heavy atom. The van der Waals surface area contributed by atoms with E-state index in [1.807, 2.05) is 19.1 Å². The molecule has 0 spiro atoms. The molecule has 2 aromatic carbocycles. The molecular weight excluding hydrogens is 346 g/mol. The van der Waals surface area contributed by atoms with Crippen molar-refractivity contribution in [3.8, 4) is 17.2 Å². The van der Waals surface area contributed by atoms with Crippen molar-refractivity contribution < 1.29 is 17.0 Å². The molecule has 8 heteroatoms. The van der Waals surface area contributed by atoms with Crippen LogP contribution in [0.4, 0.5) is 17.5 Å². The summed E-state index contributed by atoms with van der Waals surface area (Å²) in [6.45, 7) is 2.25. The van der Waals surface area contributed by atoms with Gasteiger partial charge in [-0.15, -0.1) is 0 Å². The number of nitrogen functional groups attached to an aromatic ring is 2. The molecule has 142 valence electrons. The lowest BCUT2D eigenvalue weighted by atomic mass is 10.0. The molecule has 0 aliphatic carbocycles. The zero-order chi connectivity index (χ0) is 21.3. The summed E-state index contributed by atoms with van der Waals surface area (Å²) in [5, 5.41) is 3.86. The average molecular weight is 371 g/mol. The number of ether oxygens (including phenoxy) is 3. The molecule has 0 bridgehead atoms. The molecule has 0 radical (unpaired) electrons. The molecule has 0 saturated heterocycles. The van der Waals surface area contributed by atoms with Crippen molar-refractivity contribution in [3.05, 3.63) is 35.3 Å². The van der Waals surface area contributed by atoms with E-state index >= 15 is 0 Å². The minimum Gasteiger partial charge on any atom is -0.493 e. The largest absolute Gasteiger partial charge is 0.493 e. The van der Waals surface area contributed by atoms with Crippen molar-refractivity contribution in [3.63, 3.8) is 0 Å². The number of fused-ring (bicyclic) bond motifs is 1. The number of aromatic nitrogens is 2. The van der Waals surface area contributed by atoms with Crippen LogP contribution >= 0.6 is 0 Å². The van der Waals surface area contributed by atoms with Crippen LogP contribution in [-0.4, -0.2) is 31.3 Å². The maximum absolute atomic E-state index is 8.41. The van der Waals surface area contributed by atoms with Crippen LogP contribution in [0.5, 0.6) is 17.2 Å². The third-order valence-electron chi connectivity index (χ3n) is 4.24. The molecule has 0 unspecified atom stereocenters. The first kappa shape index (κ1) is 15.8. The maximum atomic E-state index is 8.41. The number of nitrogens with zero attached hydrogens (tertiary/aromatic N) is 2. The first-order valence-electron chi connectivity index (χ1n) is 9.18. The van der Waals surface area contributed by atoms with Gasteiger partial charge >= 0.3 is 0 Å². The summed E-state index contributed by atoms with van der Waals surface area (Å²) in [6.07, 6.45) is 0. The van der Waals surface area contributed by atoms with E-state index in [4.69, 9.17) is 28.4 Å². The summed E-state index contributed by atoms with van der Waals surface area (Å²) in [5.41, 5.74) is 14.4. The van der Waals surface area contributed by atoms with E-state index in [1.165, 1.54) is 21.3 Å². The Bertz CT molecular complexity index is 1060. The Balaban J connectivity index is 2.03. The van der Waals surface area contributed by atoms with Gasteiger partial charge < -0.3 is 31.0 Å². The van der Waals surface area contributed by atoms with Gasteiger partial charge in [0, 0.05) is 29.7 Å². The van der Waals surface area contributed by atoms with E-state index in [2.05, 4.69) is 15.3 Å². The number of hydrogen-bond acceptors (Lipinski definition) is 8. The Morgan fingerprint density at radius 3 is 2.30 bits per heavy atom. The van der Waals surface area contributed by atoms with Crippen LogP contribution in [0.3, 0.4) is 0 Å². The average Bonchev–Trinajstić information content (AvgIpc) is 2.68. The molecule has 0 atom stereocenters. The normalized spacial score (nSPS) is 11.7. The summed E-state index contributed by atoms with van der Waals surface area (Å²) >= 11 is 0. The fourth-order valence-corrected chi connectivity index (χ4v) is 2.90. The second-order valence-electron chi connectivity index (χ2n) is 5.79. The second kappa shape index (κ2) is 7.45. The maximum Gasteiger partial charge on any atom is 0.222 e. The number of methoxy groups -OCH3 is 3. The number of hydrogen-bond donors (Lipinski definition) is 3. The second-order valence-corrected chi connectivity index (χ2v) is 5.79. The first-order chi connectivity index (χ1) is 13.8. The zero-order valence-corrected chi connectivity index (χ0v) is 15.6. The summed E-state index contributed by atoms with van der Waals surface area (Å²) in [6, 6.07) is 3.71. The summed E-state index contributed by atoms with van der Waals surface area (Å²) in [4.78, 5) is 8.24. The molecule has 0 saturated carbocycles. The van der Waals surface area contributed by atoms with Crippen LogP contribution in [0.1, 0.15) is 13.9 Å². The van der Waals surface area contributed by atoms with Gasteiger partial charge in [0.05, 0.1) is 29.6 Å². The lowest BCUT2D eigenvalue weighted by Crippen LogP contribution is -2.06. The number of aryl methyl sites for hydroxylation is 1. The number of rotatable bonds is 6. The van der Waals surface area contributed by atoms with E-state index in [9.17, 15) is 0 Å². The van der Waals surface area contributed by atoms with Crippen LogP contribution in [0, 0.1) is 6.92 Å². The van der Waals surface area contributed by atoms with Gasteiger partial charge in [-0.2, -0.15) is 4.98 Å². The van der Waals surface area contributed by atoms with Crippen LogP contribution < -0.4 is 31.0 Å². The van der Waals surface area contributed by atoms with Crippen molar-refractivity contribution in [2.45, 2.75) is 13.5 Å². The zero-order valence-electron chi connectivity index (χ0n) is 17.6. The van der Waals surface area contributed by atoms with Crippen molar-refractivity contribution in [1.82, 2.24) is 9.97 Å². The Hall–Kier alpha value is -3.42. The van der Waals surface area contributed by atoms with Gasteiger partial charge in [-0.05, 0) is 24.1 Å². The Labute approximate surface area is 160 Å². The highest BCUT2D eigenvalue weighted by Crippen LogP contribution is 2.40. The molecule has 8 nitrogen and oxygen atoms in total. The summed E-state index contributed by atoms with van der Waals surface area (Å²) in [5.74, 6) is 1.01. The van der Waals surface area contributed by atoms with Gasteiger partial charge in [-0.1, -0.05) is 6.07 Å². The molecule has 0 aliphatic rings. The topological polar surface area (TPSA) is 118 Å². The van der Waals surface area contributed by atoms with Crippen LogP contribution in [0.2, 0.25) is 0 Å². The number of benzene rings is 2. The van der Waals surface area contributed by atoms with Crippen molar-refractivity contribution in [2.75, 3.05) is 38.1 Å². The monoisotopic (exact) mass is 371 g/mol. The quantitative estimate of drug-likeness (QED) is 0.605. The Kier molecular flexibility index (Phi) is 4.36. The van der Waals surface area contributed by atoms with Gasteiger partial charge in [-0.3, -0.25) is 0 Å². The fraction of sp³-hybridized carbons (Fsp3) is 0.263. The minimum absolute atomic E-state index is 0.00390. The summed E-state index contributed by atoms with van der Waals surface area (Å²) in [7, 11) is 4.30. The number of nitrogens with two attached hydrogens (primary N) is 2. The molecule has 27 heavy (non-hydrogen) atoms. The first-order valence-corrected chi connectivity index (χ1v) is 8.18.